The second kappa shape index (κ2) is 60.3. The number of hydrogen-bond donors (Lipinski definition) is 0. The van der Waals surface area contributed by atoms with Crippen molar-refractivity contribution >= 4 is 0 Å². The van der Waals surface area contributed by atoms with E-state index in [9.17, 15) is 0 Å². The summed E-state index contributed by atoms with van der Waals surface area (Å²) in [4.78, 5) is 0. The average Bonchev–Trinajstić information content (AvgIpc) is 0. The number of rotatable bonds is 0. The largest absolute Gasteiger partial charge is 6.00 e. The van der Waals surface area contributed by atoms with E-state index < -0.39 is 0 Å². The molecule has 0 N–H and O–H groups in total. The van der Waals surface area contributed by atoms with Crippen LogP contribution < -0.4 is 0 Å². The molecule has 3 nitrogen and oxygen atoms in total. The van der Waals surface area contributed by atoms with Crippen LogP contribution in [0.3, 0.4) is 0 Å². The summed E-state index contributed by atoms with van der Waals surface area (Å²) in [5.41, 5.74) is 0. The van der Waals surface area contributed by atoms with Crippen LogP contribution in [-0.4, -0.2) is 0 Å². The van der Waals surface area contributed by atoms with E-state index in [2.05, 4.69) is 0 Å². The van der Waals surface area contributed by atoms with Crippen molar-refractivity contribution in [2.45, 2.75) is 0 Å². The number of hydrogen-bond acceptors (Lipinski definition) is 0. The van der Waals surface area contributed by atoms with Crippen LogP contribution in [0, 0.1) is 0 Å². The molecule has 0 bridgehead atoms. The first-order chi connectivity index (χ1) is 0. The minimum Gasteiger partial charge on any atom is -2.00 e. The summed E-state index contributed by atoms with van der Waals surface area (Å²) in [6, 6.07) is 0. The summed E-state index contributed by atoms with van der Waals surface area (Å²) in [5, 5.41) is 0. The molecule has 0 saturated carbocycles. The van der Waals surface area contributed by atoms with Gasteiger partial charge in [-0.3, -0.25) is 0 Å². The average molecular weight is 427 g/mol. The molecular formula is O3PtW. The normalized spacial score (nSPS) is 0. The van der Waals surface area contributed by atoms with E-state index >= 15 is 0 Å². The third-order valence-electron chi connectivity index (χ3n) is 0. The van der Waals surface area contributed by atoms with Gasteiger partial charge in [0.25, 0.3) is 0 Å². The van der Waals surface area contributed by atoms with Crippen LogP contribution in [0.5, 0.6) is 0 Å². The molecular weight excluding hydrogens is 427 g/mol. The van der Waals surface area contributed by atoms with Crippen molar-refractivity contribution in [2.24, 2.45) is 0 Å². The molecule has 0 fully saturated rings. The van der Waals surface area contributed by atoms with E-state index in [-0.39, 0.29) is 58.6 Å². The third-order valence-corrected chi connectivity index (χ3v) is 0. The molecule has 0 spiro atoms. The fourth-order valence-electron chi connectivity index (χ4n) is 0. The molecule has 0 aromatic rings. The van der Waals surface area contributed by atoms with E-state index in [1.807, 2.05) is 0 Å². The van der Waals surface area contributed by atoms with Gasteiger partial charge in [0.05, 0.1) is 0 Å². The van der Waals surface area contributed by atoms with Gasteiger partial charge in [0.1, 0.15) is 0 Å². The Hall–Kier alpha value is 1.26. The van der Waals surface area contributed by atoms with Gasteiger partial charge in [-0.2, -0.15) is 0 Å². The predicted molar refractivity (Wildman–Crippen MR) is 2.06 cm³/mol. The maximum atomic E-state index is 0. The topological polar surface area (TPSA) is 85.5 Å². The van der Waals surface area contributed by atoms with Gasteiger partial charge in [-0.25, -0.2) is 0 Å². The second-order valence-electron chi connectivity index (χ2n) is 0. The summed E-state index contributed by atoms with van der Waals surface area (Å²) in [7, 11) is 0. The van der Waals surface area contributed by atoms with Crippen LogP contribution in [0.15, 0.2) is 0 Å². The van der Waals surface area contributed by atoms with Crippen LogP contribution in [0.1, 0.15) is 0 Å². The molecule has 5 heteroatoms. The van der Waals surface area contributed by atoms with Gasteiger partial charge in [0, 0.05) is 21.1 Å². The Labute approximate surface area is 58.6 Å². The molecule has 0 aliphatic carbocycles. The standard InChI is InChI=1S/3O.Pt.W/q3*-2;;+6. The minimum atomic E-state index is 0. The van der Waals surface area contributed by atoms with Crippen LogP contribution >= 0.6 is 0 Å². The van der Waals surface area contributed by atoms with Crippen molar-refractivity contribution in [1.29, 1.82) is 0 Å². The summed E-state index contributed by atoms with van der Waals surface area (Å²) < 4.78 is 0. The van der Waals surface area contributed by atoms with E-state index in [1.54, 1.807) is 0 Å². The van der Waals surface area contributed by atoms with Crippen molar-refractivity contribution < 1.29 is 58.6 Å². The molecule has 0 atom stereocenters. The van der Waals surface area contributed by atoms with Gasteiger partial charge < -0.3 is 16.4 Å². The molecule has 0 aromatic carbocycles. The van der Waals surface area contributed by atoms with E-state index in [4.69, 9.17) is 0 Å². The smallest absolute Gasteiger partial charge is 2.00 e. The minimum absolute atomic E-state index is 0. The Bertz CT molecular complexity index is 6.85. The molecule has 0 amide bonds. The van der Waals surface area contributed by atoms with Gasteiger partial charge in [-0.1, -0.05) is 0 Å². The van der Waals surface area contributed by atoms with Gasteiger partial charge in [0.2, 0.25) is 0 Å². The van der Waals surface area contributed by atoms with Crippen molar-refractivity contribution in [3.05, 3.63) is 0 Å². The molecule has 0 unspecified atom stereocenters. The predicted octanol–water partition coefficient (Wildman–Crippen LogP) is -0.361. The van der Waals surface area contributed by atoms with Crippen molar-refractivity contribution in [3.8, 4) is 0 Å². The molecule has 0 radical (unpaired) electrons. The van der Waals surface area contributed by atoms with Gasteiger partial charge in [-0.05, 0) is 0 Å². The monoisotopic (exact) mass is 427 g/mol. The Kier molecular flexibility index (Phi) is 1320. The van der Waals surface area contributed by atoms with Crippen LogP contribution in [0.2, 0.25) is 0 Å². The summed E-state index contributed by atoms with van der Waals surface area (Å²) in [5.74, 6) is 0. The Morgan fingerprint density at radius 3 is 0.600 bits per heavy atom. The fraction of sp³-hybridized carbons (Fsp3) is 0. The van der Waals surface area contributed by atoms with Gasteiger partial charge in [-0.15, -0.1) is 0 Å². The third kappa shape index (κ3) is 35.3. The molecule has 5 heavy (non-hydrogen) atoms. The zero-order valence-corrected chi connectivity index (χ0v) is 7.15. The second-order valence-corrected chi connectivity index (χ2v) is 0. The quantitative estimate of drug-likeness (QED) is 0.506. The van der Waals surface area contributed by atoms with E-state index in [1.165, 1.54) is 0 Å². The molecule has 0 aliphatic heterocycles. The van der Waals surface area contributed by atoms with Crippen molar-refractivity contribution in [1.82, 2.24) is 0 Å². The summed E-state index contributed by atoms with van der Waals surface area (Å²) in [6.45, 7) is 0. The first kappa shape index (κ1) is 109. The Morgan fingerprint density at radius 1 is 0.600 bits per heavy atom. The SMILES string of the molecule is [O-2].[O-2].[O-2].[Pt].[W+6]. The van der Waals surface area contributed by atoms with E-state index in [0.717, 1.165) is 0 Å². The zero-order valence-electron chi connectivity index (χ0n) is 1.95. The van der Waals surface area contributed by atoms with Gasteiger partial charge >= 0.3 is 21.1 Å². The fourth-order valence-corrected chi connectivity index (χ4v) is 0. The summed E-state index contributed by atoms with van der Waals surface area (Å²) in [6.07, 6.45) is 0. The molecule has 0 heterocycles. The molecule has 0 rings (SSSR count). The Balaban J connectivity index is 0. The molecule has 0 aromatic heterocycles. The molecule has 34 valence electrons. The van der Waals surface area contributed by atoms with E-state index in [0.29, 0.717) is 0 Å². The van der Waals surface area contributed by atoms with Crippen LogP contribution in [-0.2, 0) is 58.6 Å². The zero-order chi connectivity index (χ0) is 0. The van der Waals surface area contributed by atoms with Crippen molar-refractivity contribution in [2.75, 3.05) is 0 Å². The maximum absolute atomic E-state index is 0. The van der Waals surface area contributed by atoms with Gasteiger partial charge in [0.15, 0.2) is 0 Å². The molecule has 0 saturated heterocycles. The molecule has 0 aliphatic rings. The first-order valence-electron chi connectivity index (χ1n) is 0. The van der Waals surface area contributed by atoms with Crippen LogP contribution in [0.25, 0.3) is 0 Å². The first-order valence-corrected chi connectivity index (χ1v) is 0. The maximum Gasteiger partial charge on any atom is 6.00 e. The Morgan fingerprint density at radius 2 is 0.600 bits per heavy atom. The van der Waals surface area contributed by atoms with Crippen molar-refractivity contribution in [3.63, 3.8) is 0 Å². The van der Waals surface area contributed by atoms with Crippen LogP contribution in [0.4, 0.5) is 0 Å². The summed E-state index contributed by atoms with van der Waals surface area (Å²) >= 11 is 0.